The zero-order valence-corrected chi connectivity index (χ0v) is 13.3. The van der Waals surface area contributed by atoms with Gasteiger partial charge in [0.1, 0.15) is 0 Å². The molecule has 1 aromatic heterocycles. The molecule has 0 radical (unpaired) electrons. The average molecular weight is 339 g/mol. The molecule has 0 spiro atoms. The summed E-state index contributed by atoms with van der Waals surface area (Å²) in [5.41, 5.74) is 1.07. The predicted molar refractivity (Wildman–Crippen MR) is 83.1 cm³/mol. The number of thiazole rings is 1. The molecule has 0 aliphatic heterocycles. The van der Waals surface area contributed by atoms with Crippen molar-refractivity contribution in [2.24, 2.45) is 10.9 Å². The molecule has 0 fully saturated rings. The van der Waals surface area contributed by atoms with E-state index in [0.29, 0.717) is 6.54 Å². The van der Waals surface area contributed by atoms with Gasteiger partial charge in [0.25, 0.3) is 5.91 Å². The smallest absolute Gasteiger partial charge is 0.250 e. The fourth-order valence-electron chi connectivity index (χ4n) is 1.66. The molecule has 5 heteroatoms. The lowest BCUT2D eigenvalue weighted by molar-refractivity contribution is -0.120. The molecule has 0 unspecified atom stereocenters. The second-order valence-corrected chi connectivity index (χ2v) is 6.43. The van der Waals surface area contributed by atoms with Crippen LogP contribution in [-0.4, -0.2) is 10.5 Å². The van der Waals surface area contributed by atoms with Gasteiger partial charge in [-0.25, -0.2) is 0 Å². The van der Waals surface area contributed by atoms with E-state index in [-0.39, 0.29) is 11.8 Å². The van der Waals surface area contributed by atoms with Gasteiger partial charge in [-0.2, -0.15) is 4.99 Å². The first-order chi connectivity index (χ1) is 9.02. The lowest BCUT2D eigenvalue weighted by Gasteiger charge is -2.01. The van der Waals surface area contributed by atoms with Crippen LogP contribution in [0, 0.1) is 5.92 Å². The normalized spacial score (nSPS) is 12.3. The van der Waals surface area contributed by atoms with Crippen LogP contribution in [0.4, 0.5) is 0 Å². The number of aromatic nitrogens is 1. The van der Waals surface area contributed by atoms with E-state index in [1.807, 2.05) is 42.7 Å². The van der Waals surface area contributed by atoms with E-state index >= 15 is 0 Å². The molecule has 1 heterocycles. The Bertz CT molecular complexity index is 697. The van der Waals surface area contributed by atoms with Crippen LogP contribution in [0.3, 0.4) is 0 Å². The van der Waals surface area contributed by atoms with Crippen molar-refractivity contribution in [1.29, 1.82) is 0 Å². The van der Waals surface area contributed by atoms with Crippen LogP contribution >= 0.6 is 27.3 Å². The first kappa shape index (κ1) is 14.2. The van der Waals surface area contributed by atoms with Crippen molar-refractivity contribution in [2.75, 3.05) is 0 Å². The third-order valence-corrected chi connectivity index (χ3v) is 4.19. The second kappa shape index (κ2) is 5.84. The summed E-state index contributed by atoms with van der Waals surface area (Å²) < 4.78 is 4.14. The maximum Gasteiger partial charge on any atom is 0.250 e. The first-order valence-corrected chi connectivity index (χ1v) is 7.62. The number of carbonyl (C=O) groups is 1. The van der Waals surface area contributed by atoms with E-state index in [0.717, 1.165) is 19.5 Å². The zero-order valence-electron chi connectivity index (χ0n) is 10.9. The molecule has 2 rings (SSSR count). The molecule has 1 amide bonds. The van der Waals surface area contributed by atoms with Crippen molar-refractivity contribution in [3.05, 3.63) is 40.1 Å². The fraction of sp³-hybridized carbons (Fsp3) is 0.286. The van der Waals surface area contributed by atoms with Gasteiger partial charge in [0.2, 0.25) is 0 Å². The van der Waals surface area contributed by atoms with Crippen molar-refractivity contribution in [1.82, 2.24) is 4.57 Å². The number of carbonyl (C=O) groups excluding carboxylic acids is 1. The van der Waals surface area contributed by atoms with Crippen LogP contribution in [0.1, 0.15) is 13.8 Å². The number of hydrogen-bond donors (Lipinski definition) is 0. The van der Waals surface area contributed by atoms with Crippen molar-refractivity contribution in [3.8, 4) is 0 Å². The second-order valence-electron chi connectivity index (χ2n) is 4.50. The largest absolute Gasteiger partial charge is 0.313 e. The highest BCUT2D eigenvalue weighted by molar-refractivity contribution is 9.10. The number of allylic oxidation sites excluding steroid dienone is 1. The molecule has 3 nitrogen and oxygen atoms in total. The van der Waals surface area contributed by atoms with Gasteiger partial charge in [-0.1, -0.05) is 47.2 Å². The van der Waals surface area contributed by atoms with E-state index in [9.17, 15) is 4.79 Å². The van der Waals surface area contributed by atoms with E-state index in [1.54, 1.807) is 0 Å². The van der Waals surface area contributed by atoms with Crippen molar-refractivity contribution in [3.63, 3.8) is 0 Å². The Morgan fingerprint density at radius 2 is 2.32 bits per heavy atom. The number of benzene rings is 1. The predicted octanol–water partition coefficient (Wildman–Crippen LogP) is 3.73. The van der Waals surface area contributed by atoms with Crippen LogP contribution < -0.4 is 4.80 Å². The van der Waals surface area contributed by atoms with Crippen LogP contribution in [0.25, 0.3) is 10.2 Å². The van der Waals surface area contributed by atoms with Crippen molar-refractivity contribution >= 4 is 43.4 Å². The fourth-order valence-corrected chi connectivity index (χ4v) is 3.26. The summed E-state index contributed by atoms with van der Waals surface area (Å²) in [4.78, 5) is 16.8. The lowest BCUT2D eigenvalue weighted by Crippen LogP contribution is -2.17. The Labute approximate surface area is 124 Å². The molecular formula is C14H15BrN2OS. The molecule has 0 saturated heterocycles. The van der Waals surface area contributed by atoms with Crippen molar-refractivity contribution in [2.45, 2.75) is 20.4 Å². The molecule has 0 saturated carbocycles. The number of fused-ring (bicyclic) bond motifs is 1. The number of nitrogens with zero attached hydrogens (tertiary/aromatic N) is 2. The highest BCUT2D eigenvalue weighted by Gasteiger charge is 2.09. The minimum absolute atomic E-state index is 0.0888. The SMILES string of the molecule is C=CCn1c(=NC(=O)C(C)C)sc2cc(Br)ccc21. The highest BCUT2D eigenvalue weighted by atomic mass is 79.9. The topological polar surface area (TPSA) is 34.4 Å². The molecule has 2 aromatic rings. The number of amides is 1. The van der Waals surface area contributed by atoms with Gasteiger partial charge in [-0.3, -0.25) is 4.79 Å². The molecule has 1 aromatic carbocycles. The van der Waals surface area contributed by atoms with Crippen molar-refractivity contribution < 1.29 is 4.79 Å². The van der Waals surface area contributed by atoms with Gasteiger partial charge in [-0.05, 0) is 18.2 Å². The summed E-state index contributed by atoms with van der Waals surface area (Å²) in [5.74, 6) is -0.183. The molecule has 100 valence electrons. The quantitative estimate of drug-likeness (QED) is 0.785. The summed E-state index contributed by atoms with van der Waals surface area (Å²) in [7, 11) is 0. The van der Waals surface area contributed by atoms with E-state index in [4.69, 9.17) is 0 Å². The first-order valence-electron chi connectivity index (χ1n) is 6.01. The minimum Gasteiger partial charge on any atom is -0.313 e. The number of hydrogen-bond acceptors (Lipinski definition) is 2. The average Bonchev–Trinajstić information content (AvgIpc) is 2.67. The van der Waals surface area contributed by atoms with Gasteiger partial charge >= 0.3 is 0 Å². The third-order valence-electron chi connectivity index (χ3n) is 2.66. The minimum atomic E-state index is -0.0940. The number of halogens is 1. The van der Waals surface area contributed by atoms with Gasteiger partial charge in [0.05, 0.1) is 10.2 Å². The monoisotopic (exact) mass is 338 g/mol. The summed E-state index contributed by atoms with van der Waals surface area (Å²) >= 11 is 4.98. The van der Waals surface area contributed by atoms with Crippen LogP contribution in [0.5, 0.6) is 0 Å². The maximum absolute atomic E-state index is 11.8. The Morgan fingerprint density at radius 1 is 1.58 bits per heavy atom. The number of rotatable bonds is 3. The van der Waals surface area contributed by atoms with Crippen LogP contribution in [0.2, 0.25) is 0 Å². The summed E-state index contributed by atoms with van der Waals surface area (Å²) in [5, 5.41) is 0. The van der Waals surface area contributed by atoms with E-state index < -0.39 is 0 Å². The van der Waals surface area contributed by atoms with E-state index in [1.165, 1.54) is 11.3 Å². The Balaban J connectivity index is 2.69. The Hall–Kier alpha value is -1.20. The van der Waals surface area contributed by atoms with Crippen LogP contribution in [0.15, 0.2) is 40.3 Å². The van der Waals surface area contributed by atoms with Crippen LogP contribution in [-0.2, 0) is 11.3 Å². The molecule has 0 bridgehead atoms. The summed E-state index contributed by atoms with van der Waals surface area (Å²) in [6.07, 6.45) is 1.81. The summed E-state index contributed by atoms with van der Waals surface area (Å²) in [6.45, 7) is 8.12. The highest BCUT2D eigenvalue weighted by Crippen LogP contribution is 2.22. The Morgan fingerprint density at radius 3 is 2.95 bits per heavy atom. The lowest BCUT2D eigenvalue weighted by atomic mass is 10.2. The molecule has 0 N–H and O–H groups in total. The molecule has 0 aliphatic rings. The van der Waals surface area contributed by atoms with Gasteiger partial charge in [-0.15, -0.1) is 6.58 Å². The standard InChI is InChI=1S/C14H15BrN2OS/c1-4-7-17-11-6-5-10(15)8-12(11)19-14(17)16-13(18)9(2)3/h4-6,8-9H,1,7H2,2-3H3. The Kier molecular flexibility index (Phi) is 4.37. The van der Waals surface area contributed by atoms with Gasteiger partial charge in [0.15, 0.2) is 4.80 Å². The molecule has 19 heavy (non-hydrogen) atoms. The zero-order chi connectivity index (χ0) is 14.0. The van der Waals surface area contributed by atoms with Gasteiger partial charge in [0, 0.05) is 16.9 Å². The molecule has 0 aliphatic carbocycles. The van der Waals surface area contributed by atoms with E-state index in [2.05, 4.69) is 27.5 Å². The third kappa shape index (κ3) is 3.04. The molecule has 0 atom stereocenters. The summed E-state index contributed by atoms with van der Waals surface area (Å²) in [6, 6.07) is 6.05. The maximum atomic E-state index is 11.8. The van der Waals surface area contributed by atoms with Gasteiger partial charge < -0.3 is 4.57 Å². The molecular weight excluding hydrogens is 324 g/mol.